The van der Waals surface area contributed by atoms with E-state index in [2.05, 4.69) is 0 Å². The van der Waals surface area contributed by atoms with Crippen LogP contribution in [0.5, 0.6) is 5.75 Å². The van der Waals surface area contributed by atoms with Crippen LogP contribution < -0.4 is 14.1 Å². The molecule has 9 heteroatoms. The number of carbonyl (C=O) groups is 1. The largest absolute Gasteiger partial charge is 0.427 e. The van der Waals surface area contributed by atoms with Crippen LogP contribution in [-0.2, 0) is 4.57 Å². The number of nitrogens with zero attached hydrogens (tertiary/aromatic N) is 3. The highest BCUT2D eigenvalue weighted by Gasteiger charge is 2.59. The lowest BCUT2D eigenvalue weighted by Crippen LogP contribution is -2.32. The SMILES string of the molecule is O=C1N(c2ccccc2)C(c2ccc([N+](=O)[O-])cc2)P(=O)(Oc2ccccc2)N1c1ccccc1. The van der Waals surface area contributed by atoms with Crippen molar-refractivity contribution in [3.05, 3.63) is 131 Å². The summed E-state index contributed by atoms with van der Waals surface area (Å²) in [4.78, 5) is 26.1. The summed E-state index contributed by atoms with van der Waals surface area (Å²) < 4.78 is 22.4. The Morgan fingerprint density at radius 1 is 0.743 bits per heavy atom. The van der Waals surface area contributed by atoms with Gasteiger partial charge in [-0.25, -0.2) is 9.46 Å². The highest BCUT2D eigenvalue weighted by molar-refractivity contribution is 7.63. The molecule has 1 aliphatic heterocycles. The van der Waals surface area contributed by atoms with Crippen molar-refractivity contribution in [3.8, 4) is 5.75 Å². The summed E-state index contributed by atoms with van der Waals surface area (Å²) in [5.41, 5.74) is 1.28. The lowest BCUT2D eigenvalue weighted by atomic mass is 10.1. The first-order chi connectivity index (χ1) is 17.0. The summed E-state index contributed by atoms with van der Waals surface area (Å²) in [5, 5.41) is 11.2. The quantitative estimate of drug-likeness (QED) is 0.166. The number of urea groups is 1. The Hall–Kier alpha value is -4.42. The molecule has 1 aliphatic rings. The van der Waals surface area contributed by atoms with Crippen LogP contribution in [0.4, 0.5) is 21.9 Å². The molecule has 0 aliphatic carbocycles. The van der Waals surface area contributed by atoms with E-state index >= 15 is 0 Å². The average molecular weight is 485 g/mol. The molecule has 174 valence electrons. The number of rotatable bonds is 6. The summed E-state index contributed by atoms with van der Waals surface area (Å²) in [6.07, 6.45) is 0. The normalized spacial score (nSPS) is 19.5. The Morgan fingerprint density at radius 2 is 1.26 bits per heavy atom. The molecule has 0 bridgehead atoms. The smallest absolute Gasteiger partial charge is 0.378 e. The van der Waals surface area contributed by atoms with Crippen LogP contribution in [0, 0.1) is 10.1 Å². The van der Waals surface area contributed by atoms with Crippen LogP contribution in [0.15, 0.2) is 115 Å². The first-order valence-corrected chi connectivity index (χ1v) is 12.5. The molecule has 8 nitrogen and oxygen atoms in total. The first-order valence-electron chi connectivity index (χ1n) is 10.8. The maximum Gasteiger partial charge on any atom is 0.378 e. The van der Waals surface area contributed by atoms with Gasteiger partial charge in [-0.3, -0.25) is 19.6 Å². The summed E-state index contributed by atoms with van der Waals surface area (Å²) >= 11 is 0. The molecular weight excluding hydrogens is 465 g/mol. The average Bonchev–Trinajstić information content (AvgIpc) is 3.11. The zero-order chi connectivity index (χ0) is 24.4. The Bertz CT molecular complexity index is 1400. The van der Waals surface area contributed by atoms with Gasteiger partial charge in [0.15, 0.2) is 5.78 Å². The van der Waals surface area contributed by atoms with Crippen molar-refractivity contribution < 1.29 is 18.8 Å². The lowest BCUT2D eigenvalue weighted by molar-refractivity contribution is -0.384. The third kappa shape index (κ3) is 4.05. The van der Waals surface area contributed by atoms with Crippen LogP contribution >= 0.6 is 7.52 Å². The highest BCUT2D eigenvalue weighted by Crippen LogP contribution is 2.69. The van der Waals surface area contributed by atoms with E-state index in [0.29, 0.717) is 22.7 Å². The second kappa shape index (κ2) is 9.08. The van der Waals surface area contributed by atoms with Gasteiger partial charge in [0.25, 0.3) is 5.69 Å². The van der Waals surface area contributed by atoms with E-state index in [4.69, 9.17) is 4.52 Å². The molecule has 5 rings (SSSR count). The fraction of sp³-hybridized carbons (Fsp3) is 0.0385. The molecule has 4 aromatic carbocycles. The molecule has 0 saturated carbocycles. The minimum absolute atomic E-state index is 0.108. The summed E-state index contributed by atoms with van der Waals surface area (Å²) in [7, 11) is -4.03. The number of para-hydroxylation sites is 3. The fourth-order valence-electron chi connectivity index (χ4n) is 4.09. The fourth-order valence-corrected chi connectivity index (χ4v) is 6.78. The number of hydrogen-bond acceptors (Lipinski definition) is 5. The molecule has 1 heterocycles. The molecular formula is C26H20N3O5P. The standard InChI is InChI=1S/C26H20N3O5P/c30-26-27(21-10-4-1-5-11-21)25(20-16-18-23(19-17-20)29(31)32)35(33,34-24-14-8-3-9-15-24)28(26)22-12-6-2-7-13-22/h1-19,25H. The van der Waals surface area contributed by atoms with Gasteiger partial charge in [0.2, 0.25) is 0 Å². The molecule has 35 heavy (non-hydrogen) atoms. The van der Waals surface area contributed by atoms with E-state index < -0.39 is 24.3 Å². The predicted molar refractivity (Wildman–Crippen MR) is 134 cm³/mol. The Morgan fingerprint density at radius 3 is 1.80 bits per heavy atom. The molecule has 0 N–H and O–H groups in total. The van der Waals surface area contributed by atoms with Crippen LogP contribution in [0.3, 0.4) is 0 Å². The van der Waals surface area contributed by atoms with Gasteiger partial charge in [0, 0.05) is 17.8 Å². The van der Waals surface area contributed by atoms with E-state index in [1.165, 1.54) is 33.8 Å². The highest BCUT2D eigenvalue weighted by atomic mass is 31.2. The van der Waals surface area contributed by atoms with Crippen molar-refractivity contribution >= 4 is 30.6 Å². The maximum atomic E-state index is 15.0. The Balaban J connectivity index is 1.74. The molecule has 1 fully saturated rings. The van der Waals surface area contributed by atoms with Crippen LogP contribution in [-0.4, -0.2) is 11.0 Å². The Labute approximate surface area is 201 Å². The topological polar surface area (TPSA) is 93.0 Å². The molecule has 4 aromatic rings. The van der Waals surface area contributed by atoms with Crippen molar-refractivity contribution in [2.45, 2.75) is 5.78 Å². The number of hydrogen-bond donors (Lipinski definition) is 0. The van der Waals surface area contributed by atoms with Gasteiger partial charge in [-0.1, -0.05) is 54.6 Å². The number of nitro groups is 1. The van der Waals surface area contributed by atoms with Gasteiger partial charge in [0.05, 0.1) is 10.6 Å². The van der Waals surface area contributed by atoms with Gasteiger partial charge in [0.1, 0.15) is 5.75 Å². The van der Waals surface area contributed by atoms with Crippen LogP contribution in [0.2, 0.25) is 0 Å². The van der Waals surface area contributed by atoms with E-state index in [1.807, 2.05) is 12.1 Å². The molecule has 0 aromatic heterocycles. The van der Waals surface area contributed by atoms with E-state index in [1.54, 1.807) is 78.9 Å². The third-order valence-electron chi connectivity index (χ3n) is 5.64. The summed E-state index contributed by atoms with van der Waals surface area (Å²) in [6, 6.07) is 31.4. The summed E-state index contributed by atoms with van der Waals surface area (Å²) in [5.74, 6) is -0.718. The van der Waals surface area contributed by atoms with E-state index in [-0.39, 0.29) is 5.69 Å². The van der Waals surface area contributed by atoms with Gasteiger partial charge >= 0.3 is 13.6 Å². The van der Waals surface area contributed by atoms with Crippen molar-refractivity contribution in [2.75, 3.05) is 9.57 Å². The van der Waals surface area contributed by atoms with Gasteiger partial charge in [-0.05, 0) is 54.1 Å². The monoisotopic (exact) mass is 485 g/mol. The number of anilines is 2. The predicted octanol–water partition coefficient (Wildman–Crippen LogP) is 7.01. The number of carbonyl (C=O) groups excluding carboxylic acids is 1. The minimum atomic E-state index is -4.03. The first kappa shape index (κ1) is 22.4. The van der Waals surface area contributed by atoms with E-state index in [0.717, 1.165) is 0 Å². The second-order valence-electron chi connectivity index (χ2n) is 7.83. The van der Waals surface area contributed by atoms with Crippen molar-refractivity contribution in [2.24, 2.45) is 0 Å². The molecule has 0 spiro atoms. The molecule has 1 saturated heterocycles. The molecule has 2 amide bonds. The zero-order valence-electron chi connectivity index (χ0n) is 18.4. The van der Waals surface area contributed by atoms with E-state index in [9.17, 15) is 19.5 Å². The van der Waals surface area contributed by atoms with Gasteiger partial charge in [-0.2, -0.15) is 0 Å². The molecule has 2 unspecified atom stereocenters. The minimum Gasteiger partial charge on any atom is -0.427 e. The van der Waals surface area contributed by atoms with Crippen LogP contribution in [0.1, 0.15) is 11.3 Å². The van der Waals surface area contributed by atoms with Gasteiger partial charge in [-0.15, -0.1) is 0 Å². The summed E-state index contributed by atoms with van der Waals surface area (Å²) in [6.45, 7) is 0. The number of non-ortho nitro benzene ring substituents is 1. The molecule has 2 atom stereocenters. The second-order valence-corrected chi connectivity index (χ2v) is 10.0. The van der Waals surface area contributed by atoms with Crippen molar-refractivity contribution in [1.82, 2.24) is 0 Å². The third-order valence-corrected chi connectivity index (χ3v) is 8.22. The number of nitro benzene ring substituents is 1. The van der Waals surface area contributed by atoms with Crippen molar-refractivity contribution in [3.63, 3.8) is 0 Å². The number of amides is 2. The Kier molecular flexibility index (Phi) is 5.81. The van der Waals surface area contributed by atoms with Crippen molar-refractivity contribution in [1.29, 1.82) is 0 Å². The zero-order valence-corrected chi connectivity index (χ0v) is 19.3. The lowest BCUT2D eigenvalue weighted by Gasteiger charge is -2.28. The maximum absolute atomic E-state index is 15.0. The van der Waals surface area contributed by atoms with Crippen LogP contribution in [0.25, 0.3) is 0 Å². The number of benzene rings is 4. The molecule has 0 radical (unpaired) electrons. The van der Waals surface area contributed by atoms with Gasteiger partial charge < -0.3 is 4.52 Å².